The lowest BCUT2D eigenvalue weighted by Gasteiger charge is -2.04. The van der Waals surface area contributed by atoms with E-state index >= 15 is 0 Å². The first kappa shape index (κ1) is 22.3. The third kappa shape index (κ3) is 6.55. The molecule has 1 aromatic heterocycles. The zero-order valence-corrected chi connectivity index (χ0v) is 18.2. The molecule has 0 aliphatic rings. The van der Waals surface area contributed by atoms with Crippen molar-refractivity contribution >= 4 is 38.9 Å². The molecule has 0 aliphatic carbocycles. The van der Waals surface area contributed by atoms with E-state index in [1.54, 1.807) is 12.1 Å². The molecule has 7 nitrogen and oxygen atoms in total. The zero-order chi connectivity index (χ0) is 21.6. The Morgan fingerprint density at radius 3 is 2.27 bits per heavy atom. The van der Waals surface area contributed by atoms with Crippen molar-refractivity contribution in [3.63, 3.8) is 0 Å². The number of carbonyl (C=O) groups is 1. The van der Waals surface area contributed by atoms with Gasteiger partial charge in [0.1, 0.15) is 5.75 Å². The van der Waals surface area contributed by atoms with Gasteiger partial charge in [-0.1, -0.05) is 40.5 Å². The van der Waals surface area contributed by atoms with Gasteiger partial charge in [0.25, 0.3) is 0 Å². The Morgan fingerprint density at radius 2 is 1.60 bits per heavy atom. The molecule has 2 aromatic carbocycles. The molecule has 158 valence electrons. The summed E-state index contributed by atoms with van der Waals surface area (Å²) in [6.07, 6.45) is 1.07. The van der Waals surface area contributed by atoms with E-state index < -0.39 is 15.6 Å². The van der Waals surface area contributed by atoms with Crippen molar-refractivity contribution in [1.29, 1.82) is 0 Å². The molecule has 1 amide bonds. The third-order valence-corrected chi connectivity index (χ3v) is 6.35. The van der Waals surface area contributed by atoms with Gasteiger partial charge in [0.15, 0.2) is 15.7 Å². The summed E-state index contributed by atoms with van der Waals surface area (Å²) in [6, 6.07) is 13.3. The number of aryl methyl sites for hydroxylation is 1. The molecule has 30 heavy (non-hydrogen) atoms. The second kappa shape index (κ2) is 10.1. The zero-order valence-electron chi connectivity index (χ0n) is 15.8. The molecule has 0 spiro atoms. The monoisotopic (exact) mass is 467 g/mol. The quantitative estimate of drug-likeness (QED) is 0.515. The Bertz CT molecular complexity index is 1100. The molecule has 0 aliphatic heterocycles. The smallest absolute Gasteiger partial charge is 0.227 e. The number of aromatic nitrogens is 2. The van der Waals surface area contributed by atoms with Crippen molar-refractivity contribution in [2.45, 2.75) is 29.9 Å². The maximum absolute atomic E-state index is 12.4. The predicted molar refractivity (Wildman–Crippen MR) is 113 cm³/mol. The van der Waals surface area contributed by atoms with Crippen molar-refractivity contribution in [1.82, 2.24) is 15.5 Å². The molecule has 3 rings (SSSR count). The molecule has 1 N–H and O–H groups in total. The molecule has 0 atom stereocenters. The lowest BCUT2D eigenvalue weighted by Crippen LogP contribution is -2.25. The predicted octanol–water partition coefficient (Wildman–Crippen LogP) is 3.64. The topological polar surface area (TPSA) is 102 Å². The maximum Gasteiger partial charge on any atom is 0.227 e. The summed E-state index contributed by atoms with van der Waals surface area (Å²) in [5.41, 5.74) is 1.07. The lowest BCUT2D eigenvalue weighted by atomic mass is 10.1. The number of hydrogen-bond acceptors (Lipinski definition) is 6. The van der Waals surface area contributed by atoms with Crippen LogP contribution in [0.3, 0.4) is 0 Å². The standard InChI is InChI=1S/C20H19Cl2N3O4S/c21-15-3-1-14(2-4-15)11-12-23-19(26)9-10-20-24-18(25-29-20)13-30(27,28)17-7-5-16(22)6-8-17/h1-8H,9-13H2,(H,23,26). The van der Waals surface area contributed by atoms with E-state index in [2.05, 4.69) is 15.5 Å². The van der Waals surface area contributed by atoms with Crippen molar-refractivity contribution in [3.8, 4) is 0 Å². The molecule has 0 fully saturated rings. The summed E-state index contributed by atoms with van der Waals surface area (Å²) in [5.74, 6) is -0.296. The largest absolute Gasteiger partial charge is 0.356 e. The number of benzene rings is 2. The minimum Gasteiger partial charge on any atom is -0.356 e. The minimum atomic E-state index is -3.62. The van der Waals surface area contributed by atoms with Crippen LogP contribution in [0.2, 0.25) is 10.0 Å². The molecule has 10 heteroatoms. The van der Waals surface area contributed by atoms with Crippen molar-refractivity contribution in [2.75, 3.05) is 6.54 Å². The molecular formula is C20H19Cl2N3O4S. The first-order valence-corrected chi connectivity index (χ1v) is 11.5. The molecule has 0 saturated heterocycles. The van der Waals surface area contributed by atoms with Crippen LogP contribution in [0.1, 0.15) is 23.7 Å². The summed E-state index contributed by atoms with van der Waals surface area (Å²) in [6.45, 7) is 0.495. The van der Waals surface area contributed by atoms with Crippen LogP contribution in [-0.4, -0.2) is 31.0 Å². The minimum absolute atomic E-state index is 0.0445. The fraction of sp³-hybridized carbons (Fsp3) is 0.250. The second-order valence-electron chi connectivity index (χ2n) is 6.54. The number of nitrogens with zero attached hydrogens (tertiary/aromatic N) is 2. The van der Waals surface area contributed by atoms with Crippen LogP contribution >= 0.6 is 23.2 Å². The van der Waals surface area contributed by atoms with Crippen LogP contribution in [0.25, 0.3) is 0 Å². The van der Waals surface area contributed by atoms with Crippen LogP contribution in [-0.2, 0) is 33.2 Å². The van der Waals surface area contributed by atoms with Crippen molar-refractivity contribution in [2.24, 2.45) is 0 Å². The summed E-state index contributed by atoms with van der Waals surface area (Å²) in [5, 5.41) is 7.63. The SMILES string of the molecule is O=C(CCc1nc(CS(=O)(=O)c2ccc(Cl)cc2)no1)NCCc1ccc(Cl)cc1. The average molecular weight is 468 g/mol. The third-order valence-electron chi connectivity index (χ3n) is 4.22. The van der Waals surface area contributed by atoms with E-state index in [9.17, 15) is 13.2 Å². The Balaban J connectivity index is 1.45. The van der Waals surface area contributed by atoms with Gasteiger partial charge in [-0.25, -0.2) is 8.42 Å². The van der Waals surface area contributed by atoms with Gasteiger partial charge in [-0.15, -0.1) is 0 Å². The lowest BCUT2D eigenvalue weighted by molar-refractivity contribution is -0.121. The number of halogens is 2. The molecule has 0 saturated carbocycles. The van der Waals surface area contributed by atoms with E-state index in [1.165, 1.54) is 24.3 Å². The number of amides is 1. The Kier molecular flexibility index (Phi) is 7.47. The van der Waals surface area contributed by atoms with E-state index in [0.717, 1.165) is 5.56 Å². The van der Waals surface area contributed by atoms with Gasteiger partial charge in [0.05, 0.1) is 4.90 Å². The van der Waals surface area contributed by atoms with Crippen LogP contribution in [0.5, 0.6) is 0 Å². The van der Waals surface area contributed by atoms with E-state index in [-0.39, 0.29) is 35.4 Å². The van der Waals surface area contributed by atoms with E-state index in [1.807, 2.05) is 12.1 Å². The van der Waals surface area contributed by atoms with Gasteiger partial charge in [0, 0.05) is 29.4 Å². The van der Waals surface area contributed by atoms with Crippen molar-refractivity contribution in [3.05, 3.63) is 75.9 Å². The average Bonchev–Trinajstić information content (AvgIpc) is 3.15. The van der Waals surface area contributed by atoms with Crippen LogP contribution < -0.4 is 5.32 Å². The maximum atomic E-state index is 12.4. The summed E-state index contributed by atoms with van der Waals surface area (Å²) >= 11 is 11.6. The molecule has 1 heterocycles. The first-order chi connectivity index (χ1) is 14.3. The van der Waals surface area contributed by atoms with Gasteiger partial charge < -0.3 is 9.84 Å². The molecule has 0 radical (unpaired) electrons. The Hall–Kier alpha value is -2.42. The van der Waals surface area contributed by atoms with E-state index in [0.29, 0.717) is 23.0 Å². The number of nitrogens with one attached hydrogen (secondary N) is 1. The van der Waals surface area contributed by atoms with Crippen LogP contribution in [0.4, 0.5) is 0 Å². The fourth-order valence-electron chi connectivity index (χ4n) is 2.65. The Morgan fingerprint density at radius 1 is 0.967 bits per heavy atom. The van der Waals surface area contributed by atoms with Gasteiger partial charge in [-0.2, -0.15) is 4.98 Å². The number of rotatable bonds is 9. The van der Waals surface area contributed by atoms with Crippen LogP contribution in [0.15, 0.2) is 57.9 Å². The summed E-state index contributed by atoms with van der Waals surface area (Å²) in [4.78, 5) is 16.2. The first-order valence-electron chi connectivity index (χ1n) is 9.13. The molecule has 3 aromatic rings. The highest BCUT2D eigenvalue weighted by Gasteiger charge is 2.19. The normalized spacial score (nSPS) is 11.4. The van der Waals surface area contributed by atoms with Gasteiger partial charge in [-0.05, 0) is 48.4 Å². The van der Waals surface area contributed by atoms with E-state index in [4.69, 9.17) is 27.7 Å². The Labute approximate surface area is 184 Å². The molecular weight excluding hydrogens is 449 g/mol. The molecule has 0 unspecified atom stereocenters. The number of carbonyl (C=O) groups excluding carboxylic acids is 1. The van der Waals surface area contributed by atoms with Crippen LogP contribution in [0, 0.1) is 0 Å². The van der Waals surface area contributed by atoms with Gasteiger partial charge in [0.2, 0.25) is 11.8 Å². The summed E-state index contributed by atoms with van der Waals surface area (Å²) < 4.78 is 29.9. The highest BCUT2D eigenvalue weighted by atomic mass is 35.5. The summed E-state index contributed by atoms with van der Waals surface area (Å²) in [7, 11) is -3.62. The van der Waals surface area contributed by atoms with Crippen molar-refractivity contribution < 1.29 is 17.7 Å². The second-order valence-corrected chi connectivity index (χ2v) is 9.41. The fourth-order valence-corrected chi connectivity index (χ4v) is 4.08. The van der Waals surface area contributed by atoms with Gasteiger partial charge >= 0.3 is 0 Å². The highest BCUT2D eigenvalue weighted by Crippen LogP contribution is 2.18. The number of hydrogen-bond donors (Lipinski definition) is 1. The molecule has 0 bridgehead atoms. The number of sulfone groups is 1. The highest BCUT2D eigenvalue weighted by molar-refractivity contribution is 7.90. The van der Waals surface area contributed by atoms with Gasteiger partial charge in [-0.3, -0.25) is 4.79 Å².